The SMILES string of the molecule is COC(=O)/C=C/[C@H](Cc1ccc(OCc2c(Cl)cccc2Cl)cc1)NC(=O)[C@@H](Cc1ccccc1)NC(=O)OC(C)(C)C. The summed E-state index contributed by atoms with van der Waals surface area (Å²) in [5, 5.41) is 6.67. The summed E-state index contributed by atoms with van der Waals surface area (Å²) in [6.45, 7) is 5.43. The number of carbonyl (C=O) groups excluding carboxylic acids is 3. The van der Waals surface area contributed by atoms with E-state index >= 15 is 0 Å². The second kappa shape index (κ2) is 16.0. The van der Waals surface area contributed by atoms with Crippen LogP contribution in [0.1, 0.15) is 37.5 Å². The predicted molar refractivity (Wildman–Crippen MR) is 167 cm³/mol. The van der Waals surface area contributed by atoms with Crippen LogP contribution in [-0.4, -0.2) is 42.8 Å². The molecule has 43 heavy (non-hydrogen) atoms. The lowest BCUT2D eigenvalue weighted by atomic mass is 10.0. The van der Waals surface area contributed by atoms with Gasteiger partial charge in [-0.05, 0) is 62.6 Å². The summed E-state index contributed by atoms with van der Waals surface area (Å²) in [5.41, 5.74) is 1.67. The molecule has 0 aliphatic rings. The Hall–Kier alpha value is -4.01. The molecular formula is C33H36Cl2N2O6. The molecule has 0 fully saturated rings. The van der Waals surface area contributed by atoms with Crippen LogP contribution in [-0.2, 0) is 38.5 Å². The quantitative estimate of drug-likeness (QED) is 0.176. The van der Waals surface area contributed by atoms with Crippen LogP contribution in [0.15, 0.2) is 84.9 Å². The number of amides is 2. The highest BCUT2D eigenvalue weighted by Crippen LogP contribution is 2.26. The van der Waals surface area contributed by atoms with Crippen LogP contribution in [0.3, 0.4) is 0 Å². The van der Waals surface area contributed by atoms with Gasteiger partial charge in [0.15, 0.2) is 0 Å². The molecule has 0 bridgehead atoms. The first-order valence-electron chi connectivity index (χ1n) is 13.7. The third kappa shape index (κ3) is 11.7. The van der Waals surface area contributed by atoms with Gasteiger partial charge in [0.2, 0.25) is 5.91 Å². The number of methoxy groups -OCH3 is 1. The van der Waals surface area contributed by atoms with Crippen molar-refractivity contribution in [3.05, 3.63) is 112 Å². The Labute approximate surface area is 262 Å². The number of ether oxygens (including phenoxy) is 3. The standard InChI is InChI=1S/C33H36Cl2N2O6/c1-33(2,3)43-32(40)37-29(20-22-9-6-5-7-10-22)31(39)36-24(15-18-30(38)41-4)19-23-13-16-25(17-14-23)42-21-26-27(34)11-8-12-28(26)35/h5-18,24,29H,19-21H2,1-4H3,(H,36,39)(H,37,40)/b18-15+/t24-,29-/m1/s1. The van der Waals surface area contributed by atoms with Crippen LogP contribution >= 0.6 is 23.2 Å². The molecule has 0 heterocycles. The molecule has 228 valence electrons. The molecule has 2 atom stereocenters. The zero-order valence-corrected chi connectivity index (χ0v) is 26.1. The van der Waals surface area contributed by atoms with Gasteiger partial charge in [0.1, 0.15) is 24.0 Å². The van der Waals surface area contributed by atoms with Crippen molar-refractivity contribution >= 4 is 41.2 Å². The van der Waals surface area contributed by atoms with Gasteiger partial charge < -0.3 is 24.8 Å². The smallest absolute Gasteiger partial charge is 0.408 e. The van der Waals surface area contributed by atoms with Gasteiger partial charge in [-0.3, -0.25) is 4.79 Å². The van der Waals surface area contributed by atoms with Crippen molar-refractivity contribution in [1.82, 2.24) is 10.6 Å². The fourth-order valence-electron chi connectivity index (χ4n) is 4.02. The first-order valence-corrected chi connectivity index (χ1v) is 14.4. The molecule has 0 saturated carbocycles. The van der Waals surface area contributed by atoms with E-state index in [-0.39, 0.29) is 13.0 Å². The third-order valence-electron chi connectivity index (χ3n) is 6.11. The number of alkyl carbamates (subject to hydrolysis) is 1. The molecule has 3 aromatic rings. The van der Waals surface area contributed by atoms with Crippen molar-refractivity contribution < 1.29 is 28.6 Å². The third-order valence-corrected chi connectivity index (χ3v) is 6.82. The van der Waals surface area contributed by atoms with Gasteiger partial charge in [-0.2, -0.15) is 0 Å². The zero-order valence-electron chi connectivity index (χ0n) is 24.6. The molecule has 2 amide bonds. The summed E-state index contributed by atoms with van der Waals surface area (Å²) in [4.78, 5) is 38.0. The molecule has 0 aromatic heterocycles. The Morgan fingerprint density at radius 3 is 2.07 bits per heavy atom. The lowest BCUT2D eigenvalue weighted by Gasteiger charge is -2.25. The summed E-state index contributed by atoms with van der Waals surface area (Å²) < 4.78 is 16.0. The Balaban J connectivity index is 1.74. The van der Waals surface area contributed by atoms with Crippen molar-refractivity contribution in [3.63, 3.8) is 0 Å². The average Bonchev–Trinajstić information content (AvgIpc) is 2.95. The van der Waals surface area contributed by atoms with E-state index in [1.54, 1.807) is 57.2 Å². The van der Waals surface area contributed by atoms with Crippen LogP contribution in [0.25, 0.3) is 0 Å². The summed E-state index contributed by atoms with van der Waals surface area (Å²) in [6, 6.07) is 20.4. The van der Waals surface area contributed by atoms with Crippen molar-refractivity contribution in [2.75, 3.05) is 7.11 Å². The van der Waals surface area contributed by atoms with Crippen molar-refractivity contribution in [2.24, 2.45) is 0 Å². The maximum atomic E-state index is 13.5. The molecule has 0 spiro atoms. The van der Waals surface area contributed by atoms with Crippen molar-refractivity contribution in [2.45, 2.75) is 57.9 Å². The Morgan fingerprint density at radius 1 is 0.837 bits per heavy atom. The number of carbonyl (C=O) groups is 3. The number of nitrogens with one attached hydrogen (secondary N) is 2. The summed E-state index contributed by atoms with van der Waals surface area (Å²) >= 11 is 12.5. The number of halogens is 2. The van der Waals surface area contributed by atoms with E-state index in [9.17, 15) is 14.4 Å². The first-order chi connectivity index (χ1) is 20.4. The number of hydrogen-bond donors (Lipinski definition) is 2. The maximum absolute atomic E-state index is 13.5. The lowest BCUT2D eigenvalue weighted by Crippen LogP contribution is -2.51. The van der Waals surface area contributed by atoms with Crippen LogP contribution in [0.5, 0.6) is 5.75 Å². The van der Waals surface area contributed by atoms with E-state index in [0.717, 1.165) is 11.1 Å². The van der Waals surface area contributed by atoms with Gasteiger partial charge in [0.05, 0.1) is 13.2 Å². The summed E-state index contributed by atoms with van der Waals surface area (Å²) in [6.07, 6.45) is 2.68. The normalized spacial score (nSPS) is 12.7. The zero-order chi connectivity index (χ0) is 31.4. The molecule has 0 unspecified atom stereocenters. The van der Waals surface area contributed by atoms with Gasteiger partial charge in [0, 0.05) is 28.1 Å². The van der Waals surface area contributed by atoms with Crippen LogP contribution in [0, 0.1) is 0 Å². The number of rotatable bonds is 12. The van der Waals surface area contributed by atoms with Gasteiger partial charge in [0.25, 0.3) is 0 Å². The minimum Gasteiger partial charge on any atom is -0.489 e. The van der Waals surface area contributed by atoms with Gasteiger partial charge >= 0.3 is 12.1 Å². The Morgan fingerprint density at radius 2 is 1.47 bits per heavy atom. The second-order valence-electron chi connectivity index (χ2n) is 10.7. The van der Waals surface area contributed by atoms with Gasteiger partial charge in [-0.15, -0.1) is 0 Å². The molecule has 2 N–H and O–H groups in total. The molecule has 8 nitrogen and oxygen atoms in total. The monoisotopic (exact) mass is 626 g/mol. The maximum Gasteiger partial charge on any atom is 0.408 e. The number of benzene rings is 3. The molecule has 3 rings (SSSR count). The van der Waals surface area contributed by atoms with Crippen LogP contribution in [0.2, 0.25) is 10.0 Å². The molecule has 0 saturated heterocycles. The van der Waals surface area contributed by atoms with E-state index in [0.29, 0.717) is 27.8 Å². The first kappa shape index (κ1) is 33.5. The molecular weight excluding hydrogens is 591 g/mol. The lowest BCUT2D eigenvalue weighted by molar-refractivity contribution is -0.135. The molecule has 10 heteroatoms. The summed E-state index contributed by atoms with van der Waals surface area (Å²) in [7, 11) is 1.27. The number of hydrogen-bond acceptors (Lipinski definition) is 6. The topological polar surface area (TPSA) is 103 Å². The van der Waals surface area contributed by atoms with Crippen molar-refractivity contribution in [1.29, 1.82) is 0 Å². The fraction of sp³-hybridized carbons (Fsp3) is 0.303. The predicted octanol–water partition coefficient (Wildman–Crippen LogP) is 6.46. The van der Waals surface area contributed by atoms with E-state index in [4.69, 9.17) is 37.4 Å². The minimum atomic E-state index is -0.932. The number of esters is 1. The highest BCUT2D eigenvalue weighted by molar-refractivity contribution is 6.35. The van der Waals surface area contributed by atoms with Crippen LogP contribution in [0.4, 0.5) is 4.79 Å². The Bertz CT molecular complexity index is 1380. The van der Waals surface area contributed by atoms with E-state index in [1.165, 1.54) is 13.2 Å². The molecule has 0 radical (unpaired) electrons. The fourth-order valence-corrected chi connectivity index (χ4v) is 4.53. The molecule has 3 aromatic carbocycles. The van der Waals surface area contributed by atoms with E-state index < -0.39 is 35.7 Å². The summed E-state index contributed by atoms with van der Waals surface area (Å²) in [5.74, 6) is -0.394. The highest BCUT2D eigenvalue weighted by atomic mass is 35.5. The Kier molecular flexibility index (Phi) is 12.5. The highest BCUT2D eigenvalue weighted by Gasteiger charge is 2.26. The minimum absolute atomic E-state index is 0.200. The average molecular weight is 628 g/mol. The molecule has 0 aliphatic carbocycles. The van der Waals surface area contributed by atoms with E-state index in [2.05, 4.69) is 10.6 Å². The van der Waals surface area contributed by atoms with Gasteiger partial charge in [-0.1, -0.05) is 77.8 Å². The van der Waals surface area contributed by atoms with Crippen LogP contribution < -0.4 is 15.4 Å². The second-order valence-corrected chi connectivity index (χ2v) is 11.5. The molecule has 0 aliphatic heterocycles. The van der Waals surface area contributed by atoms with Gasteiger partial charge in [-0.25, -0.2) is 9.59 Å². The largest absolute Gasteiger partial charge is 0.489 e. The van der Waals surface area contributed by atoms with E-state index in [1.807, 2.05) is 42.5 Å². The van der Waals surface area contributed by atoms with Crippen molar-refractivity contribution in [3.8, 4) is 5.75 Å².